The Morgan fingerprint density at radius 3 is 2.57 bits per heavy atom. The molecule has 0 unspecified atom stereocenters. The zero-order valence-electron chi connectivity index (χ0n) is 11.8. The van der Waals surface area contributed by atoms with Gasteiger partial charge in [0.25, 0.3) is 11.6 Å². The van der Waals surface area contributed by atoms with Crippen molar-refractivity contribution in [2.75, 3.05) is 26.3 Å². The molecule has 0 aromatic heterocycles. The summed E-state index contributed by atoms with van der Waals surface area (Å²) < 4.78 is 5.21. The molecule has 0 N–H and O–H groups in total. The zero-order valence-corrected chi connectivity index (χ0v) is 13.3. The number of benzene rings is 1. The van der Waals surface area contributed by atoms with E-state index in [9.17, 15) is 14.9 Å². The number of carbonyl (C=O) groups is 1. The topological polar surface area (TPSA) is 72.7 Å². The van der Waals surface area contributed by atoms with Crippen molar-refractivity contribution in [1.82, 2.24) is 4.90 Å². The normalized spacial score (nSPS) is 10.5. The van der Waals surface area contributed by atoms with E-state index >= 15 is 0 Å². The van der Waals surface area contributed by atoms with E-state index in [-0.39, 0.29) is 21.3 Å². The minimum atomic E-state index is -0.616. The second kappa shape index (κ2) is 8.17. The summed E-state index contributed by atoms with van der Waals surface area (Å²) in [6, 6.07) is 2.26. The Labute approximate surface area is 132 Å². The van der Waals surface area contributed by atoms with Crippen molar-refractivity contribution in [2.45, 2.75) is 13.8 Å². The molecule has 21 heavy (non-hydrogen) atoms. The van der Waals surface area contributed by atoms with E-state index in [1.807, 2.05) is 6.92 Å². The molecular weight excluding hydrogens is 319 g/mol. The van der Waals surface area contributed by atoms with Crippen LogP contribution in [0.5, 0.6) is 0 Å². The van der Waals surface area contributed by atoms with Gasteiger partial charge < -0.3 is 9.64 Å². The lowest BCUT2D eigenvalue weighted by atomic mass is 10.1. The van der Waals surface area contributed by atoms with Gasteiger partial charge in [-0.3, -0.25) is 14.9 Å². The van der Waals surface area contributed by atoms with Crippen LogP contribution in [0.4, 0.5) is 5.69 Å². The first kappa shape index (κ1) is 17.7. The van der Waals surface area contributed by atoms with Crippen molar-refractivity contribution in [2.24, 2.45) is 0 Å². The van der Waals surface area contributed by atoms with E-state index in [2.05, 4.69) is 0 Å². The van der Waals surface area contributed by atoms with E-state index < -0.39 is 10.8 Å². The van der Waals surface area contributed by atoms with Crippen LogP contribution in [0.25, 0.3) is 0 Å². The van der Waals surface area contributed by atoms with Crippen LogP contribution in [-0.4, -0.2) is 42.0 Å². The van der Waals surface area contributed by atoms with Crippen LogP contribution in [0.15, 0.2) is 12.1 Å². The van der Waals surface area contributed by atoms with Gasteiger partial charge in [0.15, 0.2) is 0 Å². The van der Waals surface area contributed by atoms with Gasteiger partial charge in [0.2, 0.25) is 0 Å². The summed E-state index contributed by atoms with van der Waals surface area (Å²) in [7, 11) is 0. The number of hydrogen-bond donors (Lipinski definition) is 0. The Hall–Kier alpha value is -1.37. The van der Waals surface area contributed by atoms with Crippen LogP contribution in [0.2, 0.25) is 10.0 Å². The number of non-ortho nitro benzene ring substituents is 1. The van der Waals surface area contributed by atoms with Gasteiger partial charge in [-0.15, -0.1) is 0 Å². The number of carbonyl (C=O) groups excluding carboxylic acids is 1. The molecule has 1 amide bonds. The number of nitro groups is 1. The Morgan fingerprint density at radius 1 is 1.38 bits per heavy atom. The average molecular weight is 335 g/mol. The molecule has 0 radical (unpaired) electrons. The van der Waals surface area contributed by atoms with E-state index in [0.29, 0.717) is 26.3 Å². The smallest absolute Gasteiger partial charge is 0.271 e. The highest BCUT2D eigenvalue weighted by molar-refractivity contribution is 6.44. The Morgan fingerprint density at radius 2 is 2.05 bits per heavy atom. The van der Waals surface area contributed by atoms with E-state index in [0.717, 1.165) is 12.1 Å². The van der Waals surface area contributed by atoms with Crippen LogP contribution in [0.1, 0.15) is 24.2 Å². The number of ether oxygens (including phenoxy) is 1. The van der Waals surface area contributed by atoms with E-state index in [1.165, 1.54) is 4.90 Å². The first-order valence-corrected chi connectivity index (χ1v) is 7.18. The van der Waals surface area contributed by atoms with Crippen molar-refractivity contribution in [3.8, 4) is 0 Å². The highest BCUT2D eigenvalue weighted by Gasteiger charge is 2.22. The maximum absolute atomic E-state index is 12.4. The van der Waals surface area contributed by atoms with E-state index in [1.54, 1.807) is 6.92 Å². The largest absolute Gasteiger partial charge is 0.380 e. The van der Waals surface area contributed by atoms with Gasteiger partial charge >= 0.3 is 0 Å². The van der Waals surface area contributed by atoms with Crippen molar-refractivity contribution >= 4 is 34.8 Å². The lowest BCUT2D eigenvalue weighted by molar-refractivity contribution is -0.384. The van der Waals surface area contributed by atoms with Gasteiger partial charge in [-0.1, -0.05) is 23.2 Å². The maximum atomic E-state index is 12.4. The molecule has 116 valence electrons. The summed E-state index contributed by atoms with van der Waals surface area (Å²) in [6.45, 7) is 5.40. The molecular formula is C13H16Cl2N2O4. The SMILES string of the molecule is CCOCCN(CC)C(=O)c1cc([N+](=O)[O-])cc(Cl)c1Cl. The molecule has 0 saturated heterocycles. The number of halogens is 2. The molecule has 0 fully saturated rings. The molecule has 0 aliphatic rings. The zero-order chi connectivity index (χ0) is 16.0. The monoisotopic (exact) mass is 334 g/mol. The van der Waals surface area contributed by atoms with Gasteiger partial charge in [-0.25, -0.2) is 0 Å². The van der Waals surface area contributed by atoms with Crippen molar-refractivity contribution in [3.05, 3.63) is 37.9 Å². The number of likely N-dealkylation sites (N-methyl/N-ethyl adjacent to an activating group) is 1. The predicted molar refractivity (Wildman–Crippen MR) is 81.2 cm³/mol. The minimum absolute atomic E-state index is 0.0159. The van der Waals surface area contributed by atoms with Crippen LogP contribution in [0.3, 0.4) is 0 Å². The summed E-state index contributed by atoms with van der Waals surface area (Å²) in [5.41, 5.74) is -0.247. The standard InChI is InChI=1S/C13H16Cl2N2O4/c1-3-16(5-6-21-4-2)13(18)10-7-9(17(19)20)8-11(14)12(10)15/h7-8H,3-6H2,1-2H3. The molecule has 1 aromatic rings. The maximum Gasteiger partial charge on any atom is 0.271 e. The molecule has 0 heterocycles. The Kier molecular flexibility index (Phi) is 6.87. The average Bonchev–Trinajstić information content (AvgIpc) is 2.45. The number of amides is 1. The second-order valence-corrected chi connectivity index (χ2v) is 4.91. The second-order valence-electron chi connectivity index (χ2n) is 4.13. The lowest BCUT2D eigenvalue weighted by Crippen LogP contribution is -2.34. The highest BCUT2D eigenvalue weighted by Crippen LogP contribution is 2.31. The molecule has 0 bridgehead atoms. The fourth-order valence-electron chi connectivity index (χ4n) is 1.73. The highest BCUT2D eigenvalue weighted by atomic mass is 35.5. The molecule has 1 aromatic carbocycles. The van der Waals surface area contributed by atoms with Gasteiger partial charge in [0, 0.05) is 31.8 Å². The number of nitro benzene ring substituents is 1. The summed E-state index contributed by atoms with van der Waals surface area (Å²) in [5, 5.41) is 10.8. The molecule has 1 rings (SSSR count). The lowest BCUT2D eigenvalue weighted by Gasteiger charge is -2.21. The third-order valence-electron chi connectivity index (χ3n) is 2.83. The molecule has 0 aliphatic heterocycles. The molecule has 6 nitrogen and oxygen atoms in total. The Bertz CT molecular complexity index is 537. The van der Waals surface area contributed by atoms with Crippen LogP contribution in [0, 0.1) is 10.1 Å². The third-order valence-corrected chi connectivity index (χ3v) is 3.63. The van der Waals surface area contributed by atoms with Gasteiger partial charge in [-0.05, 0) is 13.8 Å². The van der Waals surface area contributed by atoms with Crippen LogP contribution < -0.4 is 0 Å². The van der Waals surface area contributed by atoms with Gasteiger partial charge in [0.05, 0.1) is 27.1 Å². The summed E-state index contributed by atoms with van der Waals surface area (Å²) in [4.78, 5) is 24.2. The quantitative estimate of drug-likeness (QED) is 0.435. The predicted octanol–water partition coefficient (Wildman–Crippen LogP) is 3.40. The summed E-state index contributed by atoms with van der Waals surface area (Å²) in [5.74, 6) is -0.409. The number of rotatable bonds is 7. The summed E-state index contributed by atoms with van der Waals surface area (Å²) >= 11 is 11.8. The first-order chi connectivity index (χ1) is 9.92. The fourth-order valence-corrected chi connectivity index (χ4v) is 2.13. The molecule has 0 spiro atoms. The van der Waals surface area contributed by atoms with E-state index in [4.69, 9.17) is 27.9 Å². The van der Waals surface area contributed by atoms with Gasteiger partial charge in [-0.2, -0.15) is 0 Å². The molecule has 0 atom stereocenters. The number of nitrogens with zero attached hydrogens (tertiary/aromatic N) is 2. The van der Waals surface area contributed by atoms with Crippen LogP contribution in [-0.2, 0) is 4.74 Å². The van der Waals surface area contributed by atoms with Gasteiger partial charge in [0.1, 0.15) is 0 Å². The molecule has 0 saturated carbocycles. The minimum Gasteiger partial charge on any atom is -0.380 e. The summed E-state index contributed by atoms with van der Waals surface area (Å²) in [6.07, 6.45) is 0. The molecule has 0 aliphatic carbocycles. The fraction of sp³-hybridized carbons (Fsp3) is 0.462. The van der Waals surface area contributed by atoms with Crippen molar-refractivity contribution < 1.29 is 14.5 Å². The molecule has 8 heteroatoms. The Balaban J connectivity index is 3.06. The van der Waals surface area contributed by atoms with Crippen molar-refractivity contribution in [3.63, 3.8) is 0 Å². The van der Waals surface area contributed by atoms with Crippen LogP contribution >= 0.6 is 23.2 Å². The number of hydrogen-bond acceptors (Lipinski definition) is 4. The third kappa shape index (κ3) is 4.56. The first-order valence-electron chi connectivity index (χ1n) is 6.42. The van der Waals surface area contributed by atoms with Crippen molar-refractivity contribution in [1.29, 1.82) is 0 Å².